The van der Waals surface area contributed by atoms with Crippen molar-refractivity contribution in [3.8, 4) is 5.75 Å². The number of fused-ring (bicyclic) bond motifs is 1. The summed E-state index contributed by atoms with van der Waals surface area (Å²) < 4.78 is 2.48. The average Bonchev–Trinajstić information content (AvgIpc) is 2.47. The minimum absolute atomic E-state index is 0.355. The van der Waals surface area contributed by atoms with Gasteiger partial charge in [-0.05, 0) is 41.0 Å². The molecule has 1 aromatic carbocycles. The molecule has 0 saturated heterocycles. The molecule has 0 bridgehead atoms. The third kappa shape index (κ3) is 1.67. The van der Waals surface area contributed by atoms with Crippen LogP contribution < -0.4 is 0 Å². The molecule has 1 aromatic heterocycles. The number of phenols is 1. The summed E-state index contributed by atoms with van der Waals surface area (Å²) in [7, 11) is 0. The van der Waals surface area contributed by atoms with Gasteiger partial charge in [0.25, 0.3) is 0 Å². The van der Waals surface area contributed by atoms with Crippen LogP contribution in [-0.2, 0) is 0 Å². The van der Waals surface area contributed by atoms with Crippen molar-refractivity contribution < 1.29 is 5.11 Å². The summed E-state index contributed by atoms with van der Waals surface area (Å²) in [6.07, 6.45) is 2.03. The fraction of sp³-hybridized carbons (Fsp3) is 0.111. The highest BCUT2D eigenvalue weighted by Gasteiger charge is 2.07. The maximum Gasteiger partial charge on any atom is 0.117 e. The summed E-state index contributed by atoms with van der Waals surface area (Å²) in [5.41, 5.74) is 0. The molecule has 4 heteroatoms. The summed E-state index contributed by atoms with van der Waals surface area (Å²) in [4.78, 5) is 1.16. The molecule has 0 unspecified atom stereocenters. The summed E-state index contributed by atoms with van der Waals surface area (Å²) in [5, 5.41) is 12.8. The van der Waals surface area contributed by atoms with Crippen LogP contribution in [0.3, 0.4) is 0 Å². The number of hydrogen-bond acceptors (Lipinski definition) is 3. The Morgan fingerprint density at radius 2 is 2.23 bits per heavy atom. The fourth-order valence-corrected chi connectivity index (χ4v) is 3.95. The van der Waals surface area contributed by atoms with Gasteiger partial charge >= 0.3 is 0 Å². The lowest BCUT2D eigenvalue weighted by atomic mass is 10.2. The van der Waals surface area contributed by atoms with E-state index in [1.165, 1.54) is 8.27 Å². The van der Waals surface area contributed by atoms with Crippen LogP contribution in [0.5, 0.6) is 5.75 Å². The van der Waals surface area contributed by atoms with E-state index in [0.717, 1.165) is 10.3 Å². The Hall–Kier alpha value is 0.0600. The number of thiophene rings is 1. The Labute approximate surface area is 98.3 Å². The predicted octanol–water partition coefficient (Wildman–Crippen LogP) is 3.93. The first-order valence-corrected chi connectivity index (χ1v) is 6.84. The second-order valence-electron chi connectivity index (χ2n) is 2.61. The van der Waals surface area contributed by atoms with Gasteiger partial charge in [0.15, 0.2) is 0 Å². The van der Waals surface area contributed by atoms with Crippen molar-refractivity contribution in [1.82, 2.24) is 0 Å². The van der Waals surface area contributed by atoms with Gasteiger partial charge in [-0.25, -0.2) is 0 Å². The van der Waals surface area contributed by atoms with Gasteiger partial charge in [0.05, 0.1) is 0 Å². The average molecular weight is 322 g/mol. The molecule has 1 N–H and O–H groups in total. The number of hydrogen-bond donors (Lipinski definition) is 1. The molecule has 0 aliphatic carbocycles. The minimum Gasteiger partial charge on any atom is -0.508 e. The van der Waals surface area contributed by atoms with Crippen LogP contribution in [0, 0.1) is 3.57 Å². The number of thioether (sulfide) groups is 1. The molecule has 68 valence electrons. The van der Waals surface area contributed by atoms with Crippen LogP contribution in [0.2, 0.25) is 0 Å². The second kappa shape index (κ2) is 3.67. The van der Waals surface area contributed by atoms with E-state index in [0.29, 0.717) is 5.75 Å². The van der Waals surface area contributed by atoms with Crippen molar-refractivity contribution in [1.29, 1.82) is 0 Å². The highest BCUT2D eigenvalue weighted by molar-refractivity contribution is 14.1. The molecule has 0 fully saturated rings. The van der Waals surface area contributed by atoms with E-state index in [1.54, 1.807) is 23.1 Å². The molecule has 0 aliphatic heterocycles. The zero-order valence-electron chi connectivity index (χ0n) is 6.87. The monoisotopic (exact) mass is 322 g/mol. The van der Waals surface area contributed by atoms with E-state index >= 15 is 0 Å². The van der Waals surface area contributed by atoms with E-state index < -0.39 is 0 Å². The molecule has 0 saturated carbocycles. The normalized spacial score (nSPS) is 10.9. The lowest BCUT2D eigenvalue weighted by Gasteiger charge is -2.00. The molecule has 1 nitrogen and oxygen atoms in total. The molecule has 0 radical (unpaired) electrons. The summed E-state index contributed by atoms with van der Waals surface area (Å²) >= 11 is 5.70. The highest BCUT2D eigenvalue weighted by Crippen LogP contribution is 2.37. The number of halogens is 1. The van der Waals surface area contributed by atoms with E-state index in [9.17, 15) is 5.11 Å². The molecule has 0 aliphatic rings. The first kappa shape index (κ1) is 9.61. The highest BCUT2D eigenvalue weighted by atomic mass is 127. The Kier molecular flexibility index (Phi) is 2.71. The van der Waals surface area contributed by atoms with Crippen molar-refractivity contribution in [2.24, 2.45) is 0 Å². The Balaban J connectivity index is 2.84. The van der Waals surface area contributed by atoms with Crippen LogP contribution in [0.4, 0.5) is 0 Å². The molecule has 0 spiro atoms. The fourth-order valence-electron chi connectivity index (χ4n) is 1.21. The quantitative estimate of drug-likeness (QED) is 0.634. The third-order valence-electron chi connectivity index (χ3n) is 1.80. The molecule has 1 heterocycles. The molecular formula is C9H7IOS2. The second-order valence-corrected chi connectivity index (χ2v) is 5.50. The van der Waals surface area contributed by atoms with Crippen molar-refractivity contribution in [3.63, 3.8) is 0 Å². The van der Waals surface area contributed by atoms with Gasteiger partial charge in [-0.3, -0.25) is 0 Å². The van der Waals surface area contributed by atoms with Crippen LogP contribution in [0.1, 0.15) is 0 Å². The summed E-state index contributed by atoms with van der Waals surface area (Å²) in [6, 6.07) is 3.65. The van der Waals surface area contributed by atoms with Crippen molar-refractivity contribution >= 4 is 55.8 Å². The van der Waals surface area contributed by atoms with Gasteiger partial charge in [0, 0.05) is 23.9 Å². The van der Waals surface area contributed by atoms with Gasteiger partial charge in [-0.15, -0.1) is 23.1 Å². The third-order valence-corrected chi connectivity index (χ3v) is 5.03. The smallest absolute Gasteiger partial charge is 0.117 e. The van der Waals surface area contributed by atoms with Crippen molar-refractivity contribution in [2.45, 2.75) is 4.90 Å². The minimum atomic E-state index is 0.355. The topological polar surface area (TPSA) is 20.2 Å². The van der Waals surface area contributed by atoms with Crippen molar-refractivity contribution in [3.05, 3.63) is 21.1 Å². The first-order valence-electron chi connectivity index (χ1n) is 3.66. The molecule has 2 aromatic rings. The SMILES string of the molecule is CSc1cc(O)cc2c(I)csc12. The number of aromatic hydroxyl groups is 1. The van der Waals surface area contributed by atoms with Gasteiger partial charge in [0.1, 0.15) is 5.75 Å². The van der Waals surface area contributed by atoms with Gasteiger partial charge in [-0.2, -0.15) is 0 Å². The standard InChI is InChI=1S/C9H7IOS2/c1-12-8-3-5(11)2-6-7(10)4-13-9(6)8/h2-4,11H,1H3. The Morgan fingerprint density at radius 3 is 2.92 bits per heavy atom. The zero-order chi connectivity index (χ0) is 9.42. The zero-order valence-corrected chi connectivity index (χ0v) is 10.7. The lowest BCUT2D eigenvalue weighted by Crippen LogP contribution is -1.73. The summed E-state index contributed by atoms with van der Waals surface area (Å²) in [6.45, 7) is 0. The lowest BCUT2D eigenvalue weighted by molar-refractivity contribution is 0.475. The van der Waals surface area contributed by atoms with Crippen molar-refractivity contribution in [2.75, 3.05) is 6.26 Å². The molecule has 0 amide bonds. The van der Waals surface area contributed by atoms with E-state index in [4.69, 9.17) is 0 Å². The Morgan fingerprint density at radius 1 is 1.46 bits per heavy atom. The number of phenolic OH excluding ortho intramolecular Hbond substituents is 1. The number of rotatable bonds is 1. The Bertz CT molecular complexity index is 450. The number of benzene rings is 1. The molecule has 2 rings (SSSR count). The van der Waals surface area contributed by atoms with Crippen LogP contribution >= 0.6 is 45.7 Å². The van der Waals surface area contributed by atoms with Crippen LogP contribution in [0.15, 0.2) is 22.4 Å². The predicted molar refractivity (Wildman–Crippen MR) is 68.0 cm³/mol. The van der Waals surface area contributed by atoms with E-state index in [-0.39, 0.29) is 0 Å². The maximum atomic E-state index is 9.47. The van der Waals surface area contributed by atoms with Gasteiger partial charge < -0.3 is 5.11 Å². The molecule has 0 atom stereocenters. The maximum absolute atomic E-state index is 9.47. The summed E-state index contributed by atoms with van der Waals surface area (Å²) in [5.74, 6) is 0.355. The molecule has 13 heavy (non-hydrogen) atoms. The van der Waals surface area contributed by atoms with Gasteiger partial charge in [-0.1, -0.05) is 0 Å². The first-order chi connectivity index (χ1) is 6.22. The van der Waals surface area contributed by atoms with E-state index in [2.05, 4.69) is 28.0 Å². The van der Waals surface area contributed by atoms with Gasteiger partial charge in [0.2, 0.25) is 0 Å². The molecular weight excluding hydrogens is 315 g/mol. The van der Waals surface area contributed by atoms with Crippen LogP contribution in [-0.4, -0.2) is 11.4 Å². The van der Waals surface area contributed by atoms with E-state index in [1.807, 2.05) is 18.4 Å². The largest absolute Gasteiger partial charge is 0.508 e. The van der Waals surface area contributed by atoms with Crippen LogP contribution in [0.25, 0.3) is 10.1 Å².